The van der Waals surface area contributed by atoms with Crippen LogP contribution in [0.15, 0.2) is 48.8 Å². The lowest BCUT2D eigenvalue weighted by atomic mass is 10.1. The molecule has 1 aromatic carbocycles. The largest absolute Gasteiger partial charge is 0.383 e. The number of carbonyl (C=O) groups excluding carboxylic acids is 2. The molecule has 7 heteroatoms. The van der Waals surface area contributed by atoms with Crippen LogP contribution >= 0.6 is 0 Å². The first-order chi connectivity index (χ1) is 13.7. The molecule has 0 saturated carbocycles. The third kappa shape index (κ3) is 5.37. The van der Waals surface area contributed by atoms with Crippen molar-refractivity contribution in [3.8, 4) is 0 Å². The number of pyridine rings is 1. The second-order valence-electron chi connectivity index (χ2n) is 6.76. The van der Waals surface area contributed by atoms with Crippen LogP contribution in [0.5, 0.6) is 0 Å². The highest BCUT2D eigenvalue weighted by Crippen LogP contribution is 2.15. The highest BCUT2D eigenvalue weighted by atomic mass is 16.5. The number of benzene rings is 1. The van der Waals surface area contributed by atoms with Crippen LogP contribution < -0.4 is 5.32 Å². The van der Waals surface area contributed by atoms with Gasteiger partial charge >= 0.3 is 0 Å². The summed E-state index contributed by atoms with van der Waals surface area (Å²) in [6.07, 6.45) is 4.07. The van der Waals surface area contributed by atoms with Crippen LogP contribution in [-0.4, -0.2) is 73.0 Å². The van der Waals surface area contributed by atoms with E-state index in [-0.39, 0.29) is 11.8 Å². The van der Waals surface area contributed by atoms with Crippen LogP contribution in [0.2, 0.25) is 0 Å². The van der Waals surface area contributed by atoms with E-state index >= 15 is 0 Å². The molecule has 1 saturated heterocycles. The van der Waals surface area contributed by atoms with Gasteiger partial charge in [0.1, 0.15) is 0 Å². The predicted molar refractivity (Wildman–Crippen MR) is 107 cm³/mol. The minimum Gasteiger partial charge on any atom is -0.383 e. The van der Waals surface area contributed by atoms with Crippen molar-refractivity contribution in [3.63, 3.8) is 0 Å². The molecule has 0 unspecified atom stereocenters. The first-order valence-corrected chi connectivity index (χ1v) is 9.49. The molecular weight excluding hydrogens is 356 g/mol. The molecule has 3 rings (SSSR count). The molecule has 7 nitrogen and oxygen atoms in total. The van der Waals surface area contributed by atoms with Crippen molar-refractivity contribution in [3.05, 3.63) is 59.9 Å². The number of carbonyl (C=O) groups is 2. The van der Waals surface area contributed by atoms with Crippen molar-refractivity contribution >= 4 is 17.5 Å². The van der Waals surface area contributed by atoms with E-state index < -0.39 is 0 Å². The Kier molecular flexibility index (Phi) is 7.11. The van der Waals surface area contributed by atoms with Gasteiger partial charge in [0, 0.05) is 56.9 Å². The number of methoxy groups -OCH3 is 1. The van der Waals surface area contributed by atoms with Gasteiger partial charge in [-0.05, 0) is 43.3 Å². The number of ether oxygens (including phenoxy) is 1. The van der Waals surface area contributed by atoms with Gasteiger partial charge in [0.15, 0.2) is 0 Å². The summed E-state index contributed by atoms with van der Waals surface area (Å²) < 4.78 is 5.15. The van der Waals surface area contributed by atoms with E-state index in [0.29, 0.717) is 30.0 Å². The summed E-state index contributed by atoms with van der Waals surface area (Å²) >= 11 is 0. The number of nitrogens with zero attached hydrogens (tertiary/aromatic N) is 3. The lowest BCUT2D eigenvalue weighted by molar-refractivity contribution is 0.0759. The van der Waals surface area contributed by atoms with Gasteiger partial charge in [0.2, 0.25) is 0 Å². The van der Waals surface area contributed by atoms with E-state index in [0.717, 1.165) is 32.6 Å². The molecule has 1 fully saturated rings. The van der Waals surface area contributed by atoms with E-state index in [9.17, 15) is 9.59 Å². The fourth-order valence-corrected chi connectivity index (χ4v) is 3.23. The Morgan fingerprint density at radius 3 is 2.75 bits per heavy atom. The predicted octanol–water partition coefficient (Wildman–Crippen LogP) is 2.13. The van der Waals surface area contributed by atoms with Gasteiger partial charge in [-0.15, -0.1) is 0 Å². The molecule has 2 heterocycles. The molecule has 0 bridgehead atoms. The summed E-state index contributed by atoms with van der Waals surface area (Å²) in [4.78, 5) is 33.4. The number of amides is 2. The summed E-state index contributed by atoms with van der Waals surface area (Å²) in [5, 5.41) is 2.83. The third-order valence-electron chi connectivity index (χ3n) is 4.78. The highest BCUT2D eigenvalue weighted by Gasteiger charge is 2.20. The van der Waals surface area contributed by atoms with Crippen molar-refractivity contribution in [2.24, 2.45) is 0 Å². The van der Waals surface area contributed by atoms with Crippen molar-refractivity contribution in [2.45, 2.75) is 6.42 Å². The second kappa shape index (κ2) is 9.96. The Morgan fingerprint density at radius 2 is 1.96 bits per heavy atom. The minimum atomic E-state index is -0.249. The molecule has 0 aliphatic carbocycles. The smallest absolute Gasteiger partial charge is 0.257 e. The zero-order valence-electron chi connectivity index (χ0n) is 16.1. The third-order valence-corrected chi connectivity index (χ3v) is 4.78. The summed E-state index contributed by atoms with van der Waals surface area (Å²) in [7, 11) is 1.70. The molecule has 28 heavy (non-hydrogen) atoms. The average molecular weight is 382 g/mol. The summed E-state index contributed by atoms with van der Waals surface area (Å²) in [6.45, 7) is 4.81. The number of nitrogens with one attached hydrogen (secondary N) is 1. The van der Waals surface area contributed by atoms with E-state index in [4.69, 9.17) is 4.74 Å². The molecule has 1 aromatic heterocycles. The van der Waals surface area contributed by atoms with E-state index in [1.807, 2.05) is 4.90 Å². The summed E-state index contributed by atoms with van der Waals surface area (Å²) in [5.74, 6) is -0.257. The Labute approximate surface area is 165 Å². The molecule has 2 aromatic rings. The SMILES string of the molecule is COCCN1CCCN(C(=O)c2cccc(NC(=O)c3cccnc3)c2)CC1. The molecule has 0 spiro atoms. The Morgan fingerprint density at radius 1 is 1.11 bits per heavy atom. The van der Waals surface area contributed by atoms with Gasteiger partial charge in [-0.1, -0.05) is 6.07 Å². The lowest BCUT2D eigenvalue weighted by Gasteiger charge is -2.22. The standard InChI is InChI=1S/C21H26N4O3/c1-28-14-13-24-9-4-10-25(12-11-24)21(27)17-5-2-7-19(15-17)23-20(26)18-6-3-8-22-16-18/h2-3,5-8,15-16H,4,9-14H2,1H3,(H,23,26). The van der Waals surface area contributed by atoms with Crippen molar-refractivity contribution in [1.82, 2.24) is 14.8 Å². The molecule has 148 valence electrons. The van der Waals surface area contributed by atoms with Crippen LogP contribution in [0.4, 0.5) is 5.69 Å². The zero-order chi connectivity index (χ0) is 19.8. The number of aromatic nitrogens is 1. The van der Waals surface area contributed by atoms with E-state index in [1.54, 1.807) is 49.7 Å². The van der Waals surface area contributed by atoms with Crippen molar-refractivity contribution in [2.75, 3.05) is 51.8 Å². The van der Waals surface area contributed by atoms with Crippen LogP contribution in [0.1, 0.15) is 27.1 Å². The quantitative estimate of drug-likeness (QED) is 0.828. The number of rotatable bonds is 6. The maximum absolute atomic E-state index is 12.9. The first kappa shape index (κ1) is 20.0. The Hall–Kier alpha value is -2.77. The van der Waals surface area contributed by atoms with Crippen LogP contribution in [-0.2, 0) is 4.74 Å². The molecule has 0 atom stereocenters. The maximum Gasteiger partial charge on any atom is 0.257 e. The van der Waals surface area contributed by atoms with E-state index in [2.05, 4.69) is 15.2 Å². The Balaban J connectivity index is 1.63. The van der Waals surface area contributed by atoms with Gasteiger partial charge in [0.05, 0.1) is 12.2 Å². The minimum absolute atomic E-state index is 0.00827. The molecule has 0 radical (unpaired) electrons. The molecule has 1 aliphatic heterocycles. The van der Waals surface area contributed by atoms with Gasteiger partial charge in [-0.3, -0.25) is 19.5 Å². The number of hydrogen-bond acceptors (Lipinski definition) is 5. The summed E-state index contributed by atoms with van der Waals surface area (Å²) in [6, 6.07) is 10.5. The van der Waals surface area contributed by atoms with Gasteiger partial charge in [-0.25, -0.2) is 0 Å². The van der Waals surface area contributed by atoms with Gasteiger partial charge in [-0.2, -0.15) is 0 Å². The monoisotopic (exact) mass is 382 g/mol. The van der Waals surface area contributed by atoms with Gasteiger partial charge < -0.3 is 15.0 Å². The normalized spacial score (nSPS) is 15.1. The van der Waals surface area contributed by atoms with Gasteiger partial charge in [0.25, 0.3) is 11.8 Å². The van der Waals surface area contributed by atoms with Crippen molar-refractivity contribution < 1.29 is 14.3 Å². The summed E-state index contributed by atoms with van der Waals surface area (Å²) in [5.41, 5.74) is 1.65. The second-order valence-corrected chi connectivity index (χ2v) is 6.76. The zero-order valence-corrected chi connectivity index (χ0v) is 16.1. The van der Waals surface area contributed by atoms with E-state index in [1.165, 1.54) is 6.20 Å². The fourth-order valence-electron chi connectivity index (χ4n) is 3.23. The lowest BCUT2D eigenvalue weighted by Crippen LogP contribution is -2.36. The van der Waals surface area contributed by atoms with Crippen LogP contribution in [0, 0.1) is 0 Å². The maximum atomic E-state index is 12.9. The number of anilines is 1. The first-order valence-electron chi connectivity index (χ1n) is 9.49. The Bertz CT molecular complexity index is 797. The van der Waals surface area contributed by atoms with Crippen LogP contribution in [0.3, 0.4) is 0 Å². The number of hydrogen-bond donors (Lipinski definition) is 1. The molecular formula is C21H26N4O3. The molecule has 2 amide bonds. The van der Waals surface area contributed by atoms with Crippen LogP contribution in [0.25, 0.3) is 0 Å². The topological polar surface area (TPSA) is 74.8 Å². The van der Waals surface area contributed by atoms with Crippen molar-refractivity contribution in [1.29, 1.82) is 0 Å². The molecule has 1 N–H and O–H groups in total. The fraction of sp³-hybridized carbons (Fsp3) is 0.381. The highest BCUT2D eigenvalue weighted by molar-refractivity contribution is 6.04. The molecule has 1 aliphatic rings. The average Bonchev–Trinajstić information content (AvgIpc) is 2.98.